The number of aromatic nitrogens is 1. The van der Waals surface area contributed by atoms with Crippen molar-refractivity contribution >= 4 is 21.9 Å². The first-order chi connectivity index (χ1) is 7.39. The van der Waals surface area contributed by atoms with Crippen molar-refractivity contribution in [2.75, 3.05) is 10.5 Å². The van der Waals surface area contributed by atoms with Crippen LogP contribution in [0.4, 0.5) is 5.88 Å². The third-order valence-electron chi connectivity index (χ3n) is 1.69. The number of carbonyl (C=O) groups is 1. The van der Waals surface area contributed by atoms with Gasteiger partial charge in [0.25, 0.3) is 0 Å². The molecule has 0 spiro atoms. The zero-order valence-electron chi connectivity index (χ0n) is 8.63. The van der Waals surface area contributed by atoms with Crippen molar-refractivity contribution in [2.24, 2.45) is 0 Å². The van der Waals surface area contributed by atoms with Crippen LogP contribution in [0.25, 0.3) is 0 Å². The van der Waals surface area contributed by atoms with Crippen molar-refractivity contribution in [3.63, 3.8) is 0 Å². The van der Waals surface area contributed by atoms with Crippen molar-refractivity contribution in [3.05, 3.63) is 11.8 Å². The summed E-state index contributed by atoms with van der Waals surface area (Å²) in [6.07, 6.45) is -0.131. The van der Waals surface area contributed by atoms with E-state index in [1.54, 1.807) is 6.92 Å². The minimum absolute atomic E-state index is 0.0350. The minimum Gasteiger partial charge on any atom is -0.481 e. The van der Waals surface area contributed by atoms with Crippen LogP contribution >= 0.6 is 0 Å². The van der Waals surface area contributed by atoms with Gasteiger partial charge >= 0.3 is 5.97 Å². The maximum absolute atomic E-state index is 11.4. The van der Waals surface area contributed by atoms with E-state index < -0.39 is 16.0 Å². The Labute approximate surface area is 92.5 Å². The molecule has 0 aliphatic carbocycles. The van der Waals surface area contributed by atoms with Crippen LogP contribution in [0.15, 0.2) is 10.6 Å². The summed E-state index contributed by atoms with van der Waals surface area (Å²) >= 11 is 0. The highest BCUT2D eigenvalue weighted by Gasteiger charge is 2.13. The summed E-state index contributed by atoms with van der Waals surface area (Å²) in [6.45, 7) is 1.66. The van der Waals surface area contributed by atoms with Crippen LogP contribution in [0.5, 0.6) is 0 Å². The number of carboxylic acids is 1. The van der Waals surface area contributed by atoms with Gasteiger partial charge in [0, 0.05) is 12.5 Å². The van der Waals surface area contributed by atoms with Gasteiger partial charge in [0.05, 0.1) is 11.4 Å². The van der Waals surface area contributed by atoms with E-state index in [1.165, 1.54) is 6.07 Å². The molecule has 90 valence electrons. The third-order valence-corrected chi connectivity index (χ3v) is 3.03. The Bertz CT molecular complexity index is 465. The molecule has 8 heteroatoms. The Hall–Kier alpha value is -1.57. The zero-order chi connectivity index (χ0) is 12.2. The Morgan fingerprint density at radius 3 is 2.81 bits per heavy atom. The van der Waals surface area contributed by atoms with Gasteiger partial charge in [-0.15, -0.1) is 0 Å². The second-order valence-corrected chi connectivity index (χ2v) is 5.09. The average molecular weight is 248 g/mol. The number of rotatable bonds is 6. The molecule has 0 aliphatic heterocycles. The van der Waals surface area contributed by atoms with Gasteiger partial charge in [0.15, 0.2) is 0 Å². The van der Waals surface area contributed by atoms with Crippen molar-refractivity contribution in [3.8, 4) is 0 Å². The summed E-state index contributed by atoms with van der Waals surface area (Å²) in [5.74, 6) is -1.25. The molecular weight excluding hydrogens is 236 g/mol. The molecule has 0 aromatic carbocycles. The molecule has 0 unspecified atom stereocenters. The van der Waals surface area contributed by atoms with E-state index in [0.717, 1.165) is 0 Å². The Kier molecular flexibility index (Phi) is 3.88. The summed E-state index contributed by atoms with van der Waals surface area (Å²) in [4.78, 5) is 10.2. The molecule has 0 radical (unpaired) electrons. The van der Waals surface area contributed by atoms with E-state index in [9.17, 15) is 13.2 Å². The van der Waals surface area contributed by atoms with E-state index in [2.05, 4.69) is 14.4 Å². The number of nitrogens with one attached hydrogen (secondary N) is 1. The summed E-state index contributed by atoms with van der Waals surface area (Å²) in [5.41, 5.74) is 0.559. The van der Waals surface area contributed by atoms with Crippen LogP contribution < -0.4 is 4.72 Å². The molecule has 0 aliphatic rings. The highest BCUT2D eigenvalue weighted by Crippen LogP contribution is 2.11. The number of hydrogen-bond donors (Lipinski definition) is 2. The van der Waals surface area contributed by atoms with Gasteiger partial charge in [-0.1, -0.05) is 5.16 Å². The molecule has 0 bridgehead atoms. The molecule has 0 saturated carbocycles. The predicted octanol–water partition coefficient (Wildman–Crippen LogP) is 0.590. The molecule has 0 saturated heterocycles. The number of aryl methyl sites for hydroxylation is 1. The Balaban J connectivity index is 2.49. The number of sulfonamides is 1. The van der Waals surface area contributed by atoms with Crippen LogP contribution in [0.1, 0.15) is 18.5 Å². The fourth-order valence-electron chi connectivity index (χ4n) is 1.03. The molecule has 1 aromatic rings. The van der Waals surface area contributed by atoms with Crippen molar-refractivity contribution in [2.45, 2.75) is 19.8 Å². The van der Waals surface area contributed by atoms with Gasteiger partial charge in [-0.2, -0.15) is 0 Å². The quantitative estimate of drug-likeness (QED) is 0.762. The normalized spacial score (nSPS) is 11.3. The molecule has 0 atom stereocenters. The number of carboxylic acid groups (broad SMARTS) is 1. The van der Waals surface area contributed by atoms with E-state index in [4.69, 9.17) is 5.11 Å². The molecule has 7 nitrogen and oxygen atoms in total. The SMILES string of the molecule is Cc1cc(NS(=O)(=O)CCCC(=O)O)on1. The second kappa shape index (κ2) is 4.97. The fourth-order valence-corrected chi connectivity index (χ4v) is 2.06. The maximum Gasteiger partial charge on any atom is 0.303 e. The van der Waals surface area contributed by atoms with Crippen molar-refractivity contribution in [1.82, 2.24) is 5.16 Å². The predicted molar refractivity (Wildman–Crippen MR) is 55.5 cm³/mol. The molecule has 1 heterocycles. The van der Waals surface area contributed by atoms with Crippen LogP contribution in [-0.4, -0.2) is 30.4 Å². The molecule has 1 rings (SSSR count). The van der Waals surface area contributed by atoms with Gasteiger partial charge in [-0.25, -0.2) is 8.42 Å². The maximum atomic E-state index is 11.4. The highest BCUT2D eigenvalue weighted by atomic mass is 32.2. The molecule has 0 fully saturated rings. The lowest BCUT2D eigenvalue weighted by atomic mass is 10.3. The van der Waals surface area contributed by atoms with Gasteiger partial charge in [-0.3, -0.25) is 9.52 Å². The van der Waals surface area contributed by atoms with E-state index in [0.29, 0.717) is 5.69 Å². The lowest BCUT2D eigenvalue weighted by Crippen LogP contribution is -2.17. The van der Waals surface area contributed by atoms with Gasteiger partial charge in [0.1, 0.15) is 0 Å². The zero-order valence-corrected chi connectivity index (χ0v) is 9.45. The number of aliphatic carboxylic acids is 1. The topological polar surface area (TPSA) is 110 Å². The van der Waals surface area contributed by atoms with Crippen LogP contribution in [-0.2, 0) is 14.8 Å². The highest BCUT2D eigenvalue weighted by molar-refractivity contribution is 7.92. The van der Waals surface area contributed by atoms with Crippen molar-refractivity contribution < 1.29 is 22.8 Å². The lowest BCUT2D eigenvalue weighted by Gasteiger charge is -2.02. The summed E-state index contributed by atoms with van der Waals surface area (Å²) in [7, 11) is -3.56. The van der Waals surface area contributed by atoms with Gasteiger partial charge in [0.2, 0.25) is 15.9 Å². The molecule has 16 heavy (non-hydrogen) atoms. The number of hydrogen-bond acceptors (Lipinski definition) is 5. The monoisotopic (exact) mass is 248 g/mol. The van der Waals surface area contributed by atoms with Crippen LogP contribution in [0, 0.1) is 6.92 Å². The standard InChI is InChI=1S/C8H12N2O5S/c1-6-5-7(15-9-6)10-16(13,14)4-2-3-8(11)12/h5,10H,2-4H2,1H3,(H,11,12). The first-order valence-electron chi connectivity index (χ1n) is 4.55. The summed E-state index contributed by atoms with van der Waals surface area (Å²) < 4.78 is 29.6. The molecule has 0 amide bonds. The summed E-state index contributed by atoms with van der Waals surface area (Å²) in [6, 6.07) is 1.44. The third kappa shape index (κ3) is 4.30. The van der Waals surface area contributed by atoms with Gasteiger partial charge < -0.3 is 9.63 Å². The first kappa shape index (κ1) is 12.5. The lowest BCUT2D eigenvalue weighted by molar-refractivity contribution is -0.137. The largest absolute Gasteiger partial charge is 0.481 e. The van der Waals surface area contributed by atoms with Crippen molar-refractivity contribution in [1.29, 1.82) is 0 Å². The van der Waals surface area contributed by atoms with E-state index in [-0.39, 0.29) is 24.5 Å². The van der Waals surface area contributed by atoms with Gasteiger partial charge in [-0.05, 0) is 13.3 Å². The Morgan fingerprint density at radius 2 is 2.31 bits per heavy atom. The molecule has 1 aromatic heterocycles. The average Bonchev–Trinajstić information content (AvgIpc) is 2.48. The summed E-state index contributed by atoms with van der Waals surface area (Å²) in [5, 5.41) is 11.9. The molecule has 2 N–H and O–H groups in total. The van der Waals surface area contributed by atoms with E-state index in [1.807, 2.05) is 0 Å². The van der Waals surface area contributed by atoms with E-state index >= 15 is 0 Å². The van der Waals surface area contributed by atoms with Crippen LogP contribution in [0.3, 0.4) is 0 Å². The molecular formula is C8H12N2O5S. The number of anilines is 1. The smallest absolute Gasteiger partial charge is 0.303 e. The second-order valence-electron chi connectivity index (χ2n) is 3.25. The Morgan fingerprint density at radius 1 is 1.62 bits per heavy atom. The minimum atomic E-state index is -3.56. The fraction of sp³-hybridized carbons (Fsp3) is 0.500. The van der Waals surface area contributed by atoms with Crippen LogP contribution in [0.2, 0.25) is 0 Å². The first-order valence-corrected chi connectivity index (χ1v) is 6.20. The number of nitrogens with zero attached hydrogens (tertiary/aromatic N) is 1.